The number of ether oxygens (including phenoxy) is 2. The smallest absolute Gasteiger partial charge is 0.407 e. The molecule has 2 rings (SSSR count). The molecule has 1 heterocycles. The van der Waals surface area contributed by atoms with Crippen LogP contribution in [0, 0.1) is 0 Å². The van der Waals surface area contributed by atoms with Crippen molar-refractivity contribution in [2.24, 2.45) is 0 Å². The molecule has 1 aliphatic heterocycles. The molecule has 1 fully saturated rings. The van der Waals surface area contributed by atoms with Gasteiger partial charge >= 0.3 is 12.1 Å². The van der Waals surface area contributed by atoms with Gasteiger partial charge in [0.15, 0.2) is 0 Å². The summed E-state index contributed by atoms with van der Waals surface area (Å²) in [5, 5.41) is 6.23. The van der Waals surface area contributed by atoms with Crippen LogP contribution < -0.4 is 10.6 Å². The minimum Gasteiger partial charge on any atom is -0.469 e. The van der Waals surface area contributed by atoms with E-state index in [1.807, 2.05) is 30.3 Å². The molecule has 2 atom stereocenters. The van der Waals surface area contributed by atoms with Crippen molar-refractivity contribution in [2.45, 2.75) is 44.4 Å². The molecule has 0 bridgehead atoms. The summed E-state index contributed by atoms with van der Waals surface area (Å²) in [5.41, 5.74) is 0.966. The summed E-state index contributed by atoms with van der Waals surface area (Å²) in [7, 11) is 1.40. The summed E-state index contributed by atoms with van der Waals surface area (Å²) in [5.74, 6) is -0.179. The van der Waals surface area contributed by atoms with Crippen molar-refractivity contribution in [3.8, 4) is 0 Å². The van der Waals surface area contributed by atoms with Crippen LogP contribution in [0.15, 0.2) is 30.3 Å². The molecule has 0 unspecified atom stereocenters. The van der Waals surface area contributed by atoms with Crippen LogP contribution in [0.5, 0.6) is 0 Å². The minimum atomic E-state index is -0.393. The highest BCUT2D eigenvalue weighted by Gasteiger charge is 2.25. The molecule has 6 heteroatoms. The monoisotopic (exact) mass is 320 g/mol. The van der Waals surface area contributed by atoms with Crippen molar-refractivity contribution in [2.75, 3.05) is 13.7 Å². The Hall–Kier alpha value is -2.08. The van der Waals surface area contributed by atoms with Crippen molar-refractivity contribution in [3.63, 3.8) is 0 Å². The van der Waals surface area contributed by atoms with Crippen LogP contribution in [-0.4, -0.2) is 37.8 Å². The Bertz CT molecular complexity index is 507. The van der Waals surface area contributed by atoms with Crippen LogP contribution in [0.2, 0.25) is 0 Å². The maximum absolute atomic E-state index is 11.8. The number of hydrogen-bond acceptors (Lipinski definition) is 5. The molecule has 1 saturated heterocycles. The highest BCUT2D eigenvalue weighted by molar-refractivity contribution is 5.69. The first kappa shape index (κ1) is 17.3. The first-order chi connectivity index (χ1) is 11.2. The summed E-state index contributed by atoms with van der Waals surface area (Å²) >= 11 is 0. The lowest BCUT2D eigenvalue weighted by Crippen LogP contribution is -2.36. The van der Waals surface area contributed by atoms with Crippen LogP contribution in [0.25, 0.3) is 0 Å². The highest BCUT2D eigenvalue weighted by Crippen LogP contribution is 2.13. The summed E-state index contributed by atoms with van der Waals surface area (Å²) < 4.78 is 9.83. The van der Waals surface area contributed by atoms with Gasteiger partial charge in [-0.15, -0.1) is 0 Å². The van der Waals surface area contributed by atoms with Gasteiger partial charge in [-0.1, -0.05) is 30.3 Å². The lowest BCUT2D eigenvalue weighted by atomic mass is 10.1. The summed E-state index contributed by atoms with van der Waals surface area (Å²) in [6.07, 6.45) is 2.57. The quantitative estimate of drug-likeness (QED) is 0.751. The van der Waals surface area contributed by atoms with E-state index in [0.29, 0.717) is 12.5 Å². The van der Waals surface area contributed by atoms with Crippen LogP contribution in [0.3, 0.4) is 0 Å². The molecule has 0 aliphatic carbocycles. The number of carbonyl (C=O) groups is 2. The van der Waals surface area contributed by atoms with E-state index >= 15 is 0 Å². The first-order valence-corrected chi connectivity index (χ1v) is 7.95. The standard InChI is InChI=1S/C17H24N2O4/c1-22-16(20)9-5-8-14-10-15(11-18-14)19-17(21)23-12-13-6-3-2-4-7-13/h2-4,6-7,14-15,18H,5,8-12H2,1H3,(H,19,21)/t14-,15+/m1/s1. The number of hydrogen-bond donors (Lipinski definition) is 2. The van der Waals surface area contributed by atoms with Gasteiger partial charge in [0.1, 0.15) is 6.61 Å². The van der Waals surface area contributed by atoms with Crippen molar-refractivity contribution in [1.82, 2.24) is 10.6 Å². The lowest BCUT2D eigenvalue weighted by molar-refractivity contribution is -0.140. The fraction of sp³-hybridized carbons (Fsp3) is 0.529. The number of amides is 1. The van der Waals surface area contributed by atoms with Gasteiger partial charge in [-0.05, 0) is 24.8 Å². The van der Waals surface area contributed by atoms with E-state index in [-0.39, 0.29) is 18.6 Å². The van der Waals surface area contributed by atoms with E-state index in [0.717, 1.165) is 31.4 Å². The van der Waals surface area contributed by atoms with Gasteiger partial charge in [0.2, 0.25) is 0 Å². The van der Waals surface area contributed by atoms with Gasteiger partial charge in [0.05, 0.1) is 7.11 Å². The van der Waals surface area contributed by atoms with Crippen LogP contribution in [0.1, 0.15) is 31.2 Å². The zero-order valence-electron chi connectivity index (χ0n) is 13.4. The number of esters is 1. The number of methoxy groups -OCH3 is 1. The predicted octanol–water partition coefficient (Wildman–Crippen LogP) is 1.99. The Balaban J connectivity index is 1.61. The maximum atomic E-state index is 11.8. The van der Waals surface area contributed by atoms with E-state index in [9.17, 15) is 9.59 Å². The zero-order valence-corrected chi connectivity index (χ0v) is 13.4. The summed E-state index contributed by atoms with van der Waals surface area (Å²) in [4.78, 5) is 22.9. The first-order valence-electron chi connectivity index (χ1n) is 7.95. The molecule has 1 aliphatic rings. The lowest BCUT2D eigenvalue weighted by Gasteiger charge is -2.12. The molecule has 23 heavy (non-hydrogen) atoms. The number of rotatable bonds is 7. The number of nitrogens with one attached hydrogen (secondary N) is 2. The van der Waals surface area contributed by atoms with E-state index in [1.54, 1.807) is 0 Å². The fourth-order valence-corrected chi connectivity index (χ4v) is 2.68. The highest BCUT2D eigenvalue weighted by atomic mass is 16.5. The normalized spacial score (nSPS) is 20.0. The molecular formula is C17H24N2O4. The third-order valence-electron chi connectivity index (χ3n) is 3.92. The molecule has 0 aromatic heterocycles. The molecule has 0 radical (unpaired) electrons. The number of alkyl carbamates (subject to hydrolysis) is 1. The minimum absolute atomic E-state index is 0.0707. The van der Waals surface area contributed by atoms with Crippen molar-refractivity contribution in [1.29, 1.82) is 0 Å². The molecule has 0 saturated carbocycles. The van der Waals surface area contributed by atoms with Crippen LogP contribution in [0.4, 0.5) is 4.79 Å². The maximum Gasteiger partial charge on any atom is 0.407 e. The van der Waals surface area contributed by atoms with E-state index in [1.165, 1.54) is 7.11 Å². The van der Waals surface area contributed by atoms with Crippen molar-refractivity contribution < 1.29 is 19.1 Å². The van der Waals surface area contributed by atoms with Gasteiger partial charge < -0.3 is 20.1 Å². The Morgan fingerprint density at radius 3 is 2.83 bits per heavy atom. The fourth-order valence-electron chi connectivity index (χ4n) is 2.68. The van der Waals surface area contributed by atoms with E-state index in [2.05, 4.69) is 15.4 Å². The molecular weight excluding hydrogens is 296 g/mol. The second kappa shape index (κ2) is 9.15. The molecule has 1 aromatic rings. The van der Waals surface area contributed by atoms with Crippen molar-refractivity contribution in [3.05, 3.63) is 35.9 Å². The average molecular weight is 320 g/mol. The van der Waals surface area contributed by atoms with Gasteiger partial charge in [-0.2, -0.15) is 0 Å². The number of benzene rings is 1. The van der Waals surface area contributed by atoms with E-state index < -0.39 is 6.09 Å². The third kappa shape index (κ3) is 6.28. The molecule has 0 spiro atoms. The Morgan fingerprint density at radius 2 is 2.09 bits per heavy atom. The third-order valence-corrected chi connectivity index (χ3v) is 3.92. The molecule has 126 valence electrons. The van der Waals surface area contributed by atoms with Gasteiger partial charge in [0, 0.05) is 25.0 Å². The number of carbonyl (C=O) groups excluding carboxylic acids is 2. The van der Waals surface area contributed by atoms with Gasteiger partial charge in [-0.3, -0.25) is 4.79 Å². The summed E-state index contributed by atoms with van der Waals surface area (Å²) in [6, 6.07) is 9.98. The second-order valence-electron chi connectivity index (χ2n) is 5.71. The Kier molecular flexibility index (Phi) is 6.87. The topological polar surface area (TPSA) is 76.7 Å². The van der Waals surface area contributed by atoms with Gasteiger partial charge in [-0.25, -0.2) is 4.79 Å². The predicted molar refractivity (Wildman–Crippen MR) is 85.8 cm³/mol. The SMILES string of the molecule is COC(=O)CCC[C@@H]1C[C@H](NC(=O)OCc2ccccc2)CN1. The van der Waals surface area contributed by atoms with Crippen molar-refractivity contribution >= 4 is 12.1 Å². The second-order valence-corrected chi connectivity index (χ2v) is 5.71. The largest absolute Gasteiger partial charge is 0.469 e. The average Bonchev–Trinajstić information content (AvgIpc) is 3.01. The Labute approximate surface area is 136 Å². The molecule has 1 aromatic carbocycles. The Morgan fingerprint density at radius 1 is 1.30 bits per heavy atom. The molecule has 2 N–H and O–H groups in total. The van der Waals surface area contributed by atoms with E-state index in [4.69, 9.17) is 4.74 Å². The van der Waals surface area contributed by atoms with Crippen LogP contribution in [-0.2, 0) is 20.9 Å². The van der Waals surface area contributed by atoms with Gasteiger partial charge in [0.25, 0.3) is 0 Å². The van der Waals surface area contributed by atoms with Crippen LogP contribution >= 0.6 is 0 Å². The molecule has 1 amide bonds. The molecule has 6 nitrogen and oxygen atoms in total. The zero-order chi connectivity index (χ0) is 16.5. The summed E-state index contributed by atoms with van der Waals surface area (Å²) in [6.45, 7) is 0.999.